The largest absolute Gasteiger partial charge is 0.461 e. The van der Waals surface area contributed by atoms with E-state index in [4.69, 9.17) is 27.6 Å². The average molecular weight is 787 g/mol. The average Bonchev–Trinajstić information content (AvgIpc) is 3.75. The van der Waals surface area contributed by atoms with Gasteiger partial charge in [0.2, 0.25) is 12.5 Å². The SMILES string of the molecule is [C-]#[N+]C[C@H]1CN(c2nc(OC[C@@]34CCCN3C[C@H](F)C4)nc3c(F)c(-c4cccc(Cl)c4C(F)(F)F)ncc23)CCN1C(=O)/C=C/CN1[C@@H]2CC[C@H]1COC2. The van der Waals surface area contributed by atoms with Gasteiger partial charge in [0.05, 0.1) is 34.7 Å². The molecule has 3 aromatic rings. The highest BCUT2D eigenvalue weighted by Crippen LogP contribution is 2.44. The molecule has 0 N–H and O–H groups in total. The number of pyridine rings is 1. The number of hydrogen-bond donors (Lipinski definition) is 0. The monoisotopic (exact) mass is 786 g/mol. The molecule has 0 radical (unpaired) electrons. The molecule has 0 unspecified atom stereocenters. The van der Waals surface area contributed by atoms with Gasteiger partial charge in [0.15, 0.2) is 5.82 Å². The predicted molar refractivity (Wildman–Crippen MR) is 194 cm³/mol. The Morgan fingerprint density at radius 3 is 2.71 bits per heavy atom. The fraction of sp³-hybridized carbons (Fsp3) is 0.553. The molecule has 1 aromatic carbocycles. The summed E-state index contributed by atoms with van der Waals surface area (Å²) in [7, 11) is 0. The van der Waals surface area contributed by atoms with Crippen molar-refractivity contribution < 1.29 is 36.2 Å². The first-order valence-electron chi connectivity index (χ1n) is 18.6. The highest BCUT2D eigenvalue weighted by Gasteiger charge is 2.49. The molecule has 5 aliphatic heterocycles. The molecule has 2 bridgehead atoms. The number of aromatic nitrogens is 3. The second kappa shape index (κ2) is 15.1. The first-order valence-corrected chi connectivity index (χ1v) is 19.0. The summed E-state index contributed by atoms with van der Waals surface area (Å²) < 4.78 is 85.6. The lowest BCUT2D eigenvalue weighted by Gasteiger charge is -2.39. The van der Waals surface area contributed by atoms with Crippen LogP contribution in [-0.4, -0.2) is 131 Å². The fourth-order valence-electron chi connectivity index (χ4n) is 9.15. The Morgan fingerprint density at radius 2 is 1.95 bits per heavy atom. The van der Waals surface area contributed by atoms with Crippen molar-refractivity contribution in [1.29, 1.82) is 0 Å². The molecule has 292 valence electrons. The van der Waals surface area contributed by atoms with Gasteiger partial charge in [-0.2, -0.15) is 23.1 Å². The number of fused-ring (bicyclic) bond motifs is 4. The Hall–Kier alpha value is -4.17. The molecule has 0 spiro atoms. The van der Waals surface area contributed by atoms with Gasteiger partial charge >= 0.3 is 12.2 Å². The number of benzene rings is 1. The molecular formula is C38H40ClF5N8O3. The Kier molecular flexibility index (Phi) is 10.3. The predicted octanol–water partition coefficient (Wildman–Crippen LogP) is 5.81. The molecule has 5 saturated heterocycles. The molecule has 2 aromatic heterocycles. The summed E-state index contributed by atoms with van der Waals surface area (Å²) in [5.41, 5.74) is -3.29. The summed E-state index contributed by atoms with van der Waals surface area (Å²) in [6.07, 6.45) is 2.66. The molecule has 5 fully saturated rings. The summed E-state index contributed by atoms with van der Waals surface area (Å²) >= 11 is 5.98. The van der Waals surface area contributed by atoms with Crippen molar-refractivity contribution in [3.05, 3.63) is 64.4 Å². The molecule has 17 heteroatoms. The number of carbonyl (C=O) groups is 1. The Labute approximate surface area is 319 Å². The van der Waals surface area contributed by atoms with Crippen LogP contribution in [0, 0.1) is 12.4 Å². The van der Waals surface area contributed by atoms with E-state index < -0.39 is 51.6 Å². The number of carbonyl (C=O) groups excluding carboxylic acids is 1. The van der Waals surface area contributed by atoms with Crippen LogP contribution in [0.25, 0.3) is 27.0 Å². The van der Waals surface area contributed by atoms with Gasteiger partial charge in [-0.1, -0.05) is 29.8 Å². The van der Waals surface area contributed by atoms with Gasteiger partial charge in [-0.3, -0.25) is 19.6 Å². The molecule has 7 heterocycles. The zero-order valence-electron chi connectivity index (χ0n) is 30.0. The van der Waals surface area contributed by atoms with Crippen LogP contribution < -0.4 is 9.64 Å². The van der Waals surface area contributed by atoms with Crippen molar-refractivity contribution in [3.63, 3.8) is 0 Å². The maximum absolute atomic E-state index is 16.7. The third-order valence-corrected chi connectivity index (χ3v) is 12.1. The summed E-state index contributed by atoms with van der Waals surface area (Å²) in [6, 6.07) is 3.35. The maximum atomic E-state index is 16.7. The standard InChI is InChI=1S/C38H40ClF5N8O3/c1-45-16-26-19-49(13-14-52(26)30(53)7-3-12-51-24-8-9-25(51)21-54-20-24)35-28-17-46-33(27-5-2-6-29(39)31(27)38(42,43)44)32(41)34(28)47-36(48-35)55-22-37-10-4-11-50(37)18-23(40)15-37/h2-3,5-7,17,23-26H,4,8-16,18-22H2/b7-3+/t23-,24-,25+,26+,37+/m1/s1. The van der Waals surface area contributed by atoms with Crippen LogP contribution in [-0.2, 0) is 15.7 Å². The van der Waals surface area contributed by atoms with Gasteiger partial charge in [-0.15, -0.1) is 0 Å². The zero-order valence-corrected chi connectivity index (χ0v) is 30.7. The van der Waals surface area contributed by atoms with Crippen LogP contribution in [0.3, 0.4) is 0 Å². The first-order chi connectivity index (χ1) is 26.5. The molecule has 1 amide bonds. The van der Waals surface area contributed by atoms with Crippen molar-refractivity contribution in [1.82, 2.24) is 29.7 Å². The van der Waals surface area contributed by atoms with Crippen LogP contribution in [0.1, 0.15) is 37.7 Å². The first kappa shape index (κ1) is 37.7. The zero-order chi connectivity index (χ0) is 38.5. The second-order valence-corrected chi connectivity index (χ2v) is 15.4. The molecule has 8 rings (SSSR count). The van der Waals surface area contributed by atoms with Crippen LogP contribution in [0.5, 0.6) is 6.01 Å². The summed E-state index contributed by atoms with van der Waals surface area (Å²) in [4.78, 5) is 38.2. The smallest absolute Gasteiger partial charge is 0.418 e. The van der Waals surface area contributed by atoms with E-state index in [9.17, 15) is 22.4 Å². The van der Waals surface area contributed by atoms with Crippen molar-refractivity contribution >= 4 is 34.2 Å². The highest BCUT2D eigenvalue weighted by molar-refractivity contribution is 6.31. The summed E-state index contributed by atoms with van der Waals surface area (Å²) in [6.45, 7) is 11.3. The van der Waals surface area contributed by atoms with E-state index in [-0.39, 0.29) is 74.4 Å². The lowest BCUT2D eigenvalue weighted by atomic mass is 9.95. The number of amides is 1. The number of rotatable bonds is 9. The fourth-order valence-corrected chi connectivity index (χ4v) is 9.44. The second-order valence-electron chi connectivity index (χ2n) is 15.0. The number of alkyl halides is 4. The van der Waals surface area contributed by atoms with E-state index in [1.807, 2.05) is 11.0 Å². The molecule has 0 saturated carbocycles. The normalized spacial score (nSPS) is 27.3. The minimum absolute atomic E-state index is 0.00936. The van der Waals surface area contributed by atoms with Crippen molar-refractivity contribution in [2.24, 2.45) is 0 Å². The third kappa shape index (κ3) is 7.20. The van der Waals surface area contributed by atoms with Crippen molar-refractivity contribution in [3.8, 4) is 17.3 Å². The number of morpholine rings is 1. The van der Waals surface area contributed by atoms with Gasteiger partial charge in [0.1, 0.15) is 35.8 Å². The molecule has 0 aliphatic carbocycles. The van der Waals surface area contributed by atoms with Gasteiger partial charge in [0.25, 0.3) is 0 Å². The van der Waals surface area contributed by atoms with E-state index in [1.165, 1.54) is 12.3 Å². The third-order valence-electron chi connectivity index (χ3n) is 11.8. The van der Waals surface area contributed by atoms with Gasteiger partial charge in [0, 0.05) is 69.1 Å². The highest BCUT2D eigenvalue weighted by atomic mass is 35.5. The topological polar surface area (TPSA) is 91.5 Å². The van der Waals surface area contributed by atoms with Crippen LogP contribution >= 0.6 is 11.6 Å². The van der Waals surface area contributed by atoms with Crippen LogP contribution in [0.2, 0.25) is 5.02 Å². The lowest BCUT2D eigenvalue weighted by molar-refractivity contribution is -0.137. The number of halogens is 6. The molecule has 5 aliphatic rings. The van der Waals surface area contributed by atoms with Crippen LogP contribution in [0.4, 0.5) is 27.8 Å². The number of ether oxygens (including phenoxy) is 2. The number of anilines is 1. The van der Waals surface area contributed by atoms with Crippen molar-refractivity contribution in [2.45, 2.75) is 68.1 Å². The van der Waals surface area contributed by atoms with Gasteiger partial charge in [-0.05, 0) is 38.3 Å². The van der Waals surface area contributed by atoms with E-state index in [0.717, 1.165) is 31.4 Å². The minimum Gasteiger partial charge on any atom is -0.461 e. The quantitative estimate of drug-likeness (QED) is 0.151. The Balaban J connectivity index is 1.11. The maximum Gasteiger partial charge on any atom is 0.418 e. The van der Waals surface area contributed by atoms with Gasteiger partial charge in [-0.25, -0.2) is 15.4 Å². The van der Waals surface area contributed by atoms with E-state index >= 15 is 4.39 Å². The van der Waals surface area contributed by atoms with Crippen molar-refractivity contribution in [2.75, 3.05) is 70.5 Å². The minimum atomic E-state index is -4.91. The van der Waals surface area contributed by atoms with Crippen LogP contribution in [0.15, 0.2) is 36.5 Å². The number of hydrogen-bond acceptors (Lipinski definition) is 9. The van der Waals surface area contributed by atoms with E-state index in [2.05, 4.69) is 24.7 Å². The molecule has 5 atom stereocenters. The molecule has 11 nitrogen and oxygen atoms in total. The molecule has 55 heavy (non-hydrogen) atoms. The molecular weight excluding hydrogens is 747 g/mol. The summed E-state index contributed by atoms with van der Waals surface area (Å²) in [5.74, 6) is -1.17. The summed E-state index contributed by atoms with van der Waals surface area (Å²) in [5, 5.41) is -0.501. The Bertz CT molecular complexity index is 2020. The number of piperazine rings is 1. The number of nitrogens with zero attached hydrogens (tertiary/aromatic N) is 8. The van der Waals surface area contributed by atoms with E-state index in [1.54, 1.807) is 15.9 Å². The Morgan fingerprint density at radius 1 is 1.15 bits per heavy atom. The lowest BCUT2D eigenvalue weighted by Crippen LogP contribution is -2.56. The van der Waals surface area contributed by atoms with E-state index in [0.29, 0.717) is 44.8 Å². The van der Waals surface area contributed by atoms with Gasteiger partial charge < -0.3 is 24.1 Å².